The fraction of sp³-hybridized carbons (Fsp3) is 0.188. The Morgan fingerprint density at radius 1 is 0.889 bits per heavy atom. The van der Waals surface area contributed by atoms with Gasteiger partial charge in [0.2, 0.25) is 6.29 Å². The largest absolute Gasteiger partial charge is 0.365 e. The van der Waals surface area contributed by atoms with E-state index in [1.54, 1.807) is 0 Å². The van der Waals surface area contributed by atoms with Gasteiger partial charge < -0.3 is 4.74 Å². The summed E-state index contributed by atoms with van der Waals surface area (Å²) in [5, 5.41) is 0. The van der Waals surface area contributed by atoms with Gasteiger partial charge in [-0.1, -0.05) is 60.7 Å². The number of carbonyl (C=O) groups excluding carboxylic acids is 1. The van der Waals surface area contributed by atoms with Crippen LogP contribution in [0.15, 0.2) is 60.7 Å². The van der Waals surface area contributed by atoms with Gasteiger partial charge in [-0.25, -0.2) is 0 Å². The molecule has 0 aromatic heterocycles. The standard InChI is InChI=1S/C16H15O2/c17-12-16(11-14-7-3-1-4-8-14)18-13-15-9-5-2-6-10-15/h1-10,16H,11,13H2/t16-/m0/s1. The third kappa shape index (κ3) is 3.82. The van der Waals surface area contributed by atoms with Crippen molar-refractivity contribution in [1.82, 2.24) is 0 Å². The van der Waals surface area contributed by atoms with Crippen LogP contribution in [0.1, 0.15) is 11.1 Å². The second-order valence-electron chi connectivity index (χ2n) is 4.09. The summed E-state index contributed by atoms with van der Waals surface area (Å²) in [7, 11) is 0. The maximum absolute atomic E-state index is 10.9. The van der Waals surface area contributed by atoms with Gasteiger partial charge in [0.15, 0.2) is 0 Å². The Hall–Kier alpha value is -1.93. The molecule has 0 bridgehead atoms. The van der Waals surface area contributed by atoms with Crippen molar-refractivity contribution in [3.63, 3.8) is 0 Å². The van der Waals surface area contributed by atoms with Crippen molar-refractivity contribution in [2.75, 3.05) is 0 Å². The maximum atomic E-state index is 10.9. The molecular formula is C16H15O2. The fourth-order valence-corrected chi connectivity index (χ4v) is 1.73. The molecule has 0 aliphatic heterocycles. The van der Waals surface area contributed by atoms with E-state index in [2.05, 4.69) is 0 Å². The normalized spacial score (nSPS) is 12.0. The van der Waals surface area contributed by atoms with E-state index in [0.29, 0.717) is 13.0 Å². The number of benzene rings is 2. The summed E-state index contributed by atoms with van der Waals surface area (Å²) in [5.74, 6) is 0. The molecule has 0 N–H and O–H groups in total. The van der Waals surface area contributed by atoms with Crippen LogP contribution in [-0.4, -0.2) is 12.4 Å². The SMILES string of the molecule is O=[C][C@H](Cc1ccccc1)OCc1ccccc1. The van der Waals surface area contributed by atoms with E-state index in [1.165, 1.54) is 0 Å². The van der Waals surface area contributed by atoms with E-state index in [0.717, 1.165) is 11.1 Å². The molecule has 2 aromatic carbocycles. The first-order chi connectivity index (χ1) is 8.88. The minimum atomic E-state index is -0.507. The van der Waals surface area contributed by atoms with Crippen LogP contribution >= 0.6 is 0 Å². The molecule has 0 aliphatic rings. The molecule has 91 valence electrons. The highest BCUT2D eigenvalue weighted by molar-refractivity contribution is 5.57. The Morgan fingerprint density at radius 3 is 2.00 bits per heavy atom. The number of ether oxygens (including phenoxy) is 1. The van der Waals surface area contributed by atoms with E-state index in [9.17, 15) is 4.79 Å². The molecule has 1 atom stereocenters. The highest BCUT2D eigenvalue weighted by atomic mass is 16.5. The third-order valence-electron chi connectivity index (χ3n) is 2.69. The minimum Gasteiger partial charge on any atom is -0.365 e. The third-order valence-corrected chi connectivity index (χ3v) is 2.69. The van der Waals surface area contributed by atoms with Crippen molar-refractivity contribution in [1.29, 1.82) is 0 Å². The van der Waals surface area contributed by atoms with E-state index in [1.807, 2.05) is 66.9 Å². The zero-order chi connectivity index (χ0) is 12.6. The van der Waals surface area contributed by atoms with Gasteiger partial charge in [-0.3, -0.25) is 4.79 Å². The van der Waals surface area contributed by atoms with Gasteiger partial charge in [-0.2, -0.15) is 0 Å². The van der Waals surface area contributed by atoms with Crippen molar-refractivity contribution in [3.8, 4) is 0 Å². The Morgan fingerprint density at radius 2 is 1.44 bits per heavy atom. The molecule has 2 heteroatoms. The second-order valence-corrected chi connectivity index (χ2v) is 4.09. The van der Waals surface area contributed by atoms with E-state index < -0.39 is 6.10 Å². The molecule has 0 unspecified atom stereocenters. The van der Waals surface area contributed by atoms with Gasteiger partial charge in [0.1, 0.15) is 6.10 Å². The van der Waals surface area contributed by atoms with Gasteiger partial charge in [0.05, 0.1) is 6.61 Å². The number of hydrogen-bond acceptors (Lipinski definition) is 2. The first-order valence-corrected chi connectivity index (χ1v) is 5.95. The molecule has 18 heavy (non-hydrogen) atoms. The molecule has 1 radical (unpaired) electrons. The quantitative estimate of drug-likeness (QED) is 0.774. The van der Waals surface area contributed by atoms with Crippen molar-refractivity contribution in [2.45, 2.75) is 19.1 Å². The number of rotatable bonds is 6. The van der Waals surface area contributed by atoms with Crippen molar-refractivity contribution < 1.29 is 9.53 Å². The lowest BCUT2D eigenvalue weighted by molar-refractivity contribution is 0.0827. The van der Waals surface area contributed by atoms with Crippen LogP contribution in [-0.2, 0) is 22.6 Å². The average Bonchev–Trinajstić information content (AvgIpc) is 2.45. The number of hydrogen-bond donors (Lipinski definition) is 0. The molecule has 2 rings (SSSR count). The van der Waals surface area contributed by atoms with Gasteiger partial charge in [-0.15, -0.1) is 0 Å². The Labute approximate surface area is 107 Å². The molecule has 0 amide bonds. The Kier molecular flexibility index (Phi) is 4.68. The van der Waals surface area contributed by atoms with Crippen LogP contribution < -0.4 is 0 Å². The van der Waals surface area contributed by atoms with Crippen LogP contribution in [0.4, 0.5) is 0 Å². The maximum Gasteiger partial charge on any atom is 0.230 e. The summed E-state index contributed by atoms with van der Waals surface area (Å²) in [6, 6.07) is 19.6. The molecule has 0 spiro atoms. The molecular weight excluding hydrogens is 224 g/mol. The lowest BCUT2D eigenvalue weighted by Crippen LogP contribution is -2.17. The summed E-state index contributed by atoms with van der Waals surface area (Å²) in [6.07, 6.45) is 2.01. The monoisotopic (exact) mass is 239 g/mol. The van der Waals surface area contributed by atoms with E-state index >= 15 is 0 Å². The van der Waals surface area contributed by atoms with Gasteiger partial charge >= 0.3 is 0 Å². The molecule has 0 saturated heterocycles. The predicted molar refractivity (Wildman–Crippen MR) is 70.9 cm³/mol. The van der Waals surface area contributed by atoms with E-state index in [-0.39, 0.29) is 0 Å². The highest BCUT2D eigenvalue weighted by Crippen LogP contribution is 2.08. The van der Waals surface area contributed by atoms with E-state index in [4.69, 9.17) is 4.74 Å². The molecule has 0 fully saturated rings. The Balaban J connectivity index is 1.88. The van der Waals surface area contributed by atoms with Crippen molar-refractivity contribution in [3.05, 3.63) is 71.8 Å². The average molecular weight is 239 g/mol. The Bertz CT molecular complexity index is 465. The summed E-state index contributed by atoms with van der Waals surface area (Å²) in [4.78, 5) is 10.9. The van der Waals surface area contributed by atoms with Crippen LogP contribution in [0.5, 0.6) is 0 Å². The van der Waals surface area contributed by atoms with Crippen molar-refractivity contribution >= 4 is 6.29 Å². The minimum absolute atomic E-state index is 0.438. The highest BCUT2D eigenvalue weighted by Gasteiger charge is 2.09. The zero-order valence-corrected chi connectivity index (χ0v) is 10.1. The molecule has 2 aromatic rings. The summed E-state index contributed by atoms with van der Waals surface area (Å²) < 4.78 is 5.56. The van der Waals surface area contributed by atoms with Crippen LogP contribution in [0.25, 0.3) is 0 Å². The second kappa shape index (κ2) is 6.72. The summed E-state index contributed by atoms with van der Waals surface area (Å²) in [6.45, 7) is 0.438. The van der Waals surface area contributed by atoms with Gasteiger partial charge in [-0.05, 0) is 11.1 Å². The fourth-order valence-electron chi connectivity index (χ4n) is 1.73. The molecule has 2 nitrogen and oxygen atoms in total. The molecule has 0 saturated carbocycles. The van der Waals surface area contributed by atoms with Crippen LogP contribution in [0, 0.1) is 0 Å². The first kappa shape index (κ1) is 12.5. The predicted octanol–water partition coefficient (Wildman–Crippen LogP) is 2.92. The van der Waals surface area contributed by atoms with Crippen LogP contribution in [0.3, 0.4) is 0 Å². The van der Waals surface area contributed by atoms with Gasteiger partial charge in [0, 0.05) is 6.42 Å². The summed E-state index contributed by atoms with van der Waals surface area (Å²) >= 11 is 0. The van der Waals surface area contributed by atoms with Crippen LogP contribution in [0.2, 0.25) is 0 Å². The topological polar surface area (TPSA) is 26.3 Å². The van der Waals surface area contributed by atoms with Gasteiger partial charge in [0.25, 0.3) is 0 Å². The summed E-state index contributed by atoms with van der Waals surface area (Å²) in [5.41, 5.74) is 2.14. The molecule has 0 aliphatic carbocycles. The molecule has 0 heterocycles. The lowest BCUT2D eigenvalue weighted by Gasteiger charge is -2.11. The first-order valence-electron chi connectivity index (χ1n) is 5.95. The lowest BCUT2D eigenvalue weighted by atomic mass is 10.1. The smallest absolute Gasteiger partial charge is 0.230 e. The van der Waals surface area contributed by atoms with Crippen molar-refractivity contribution in [2.24, 2.45) is 0 Å². The zero-order valence-electron chi connectivity index (χ0n) is 10.1.